The minimum absolute atomic E-state index is 0.165. The number of aryl methyl sites for hydroxylation is 1. The van der Waals surface area contributed by atoms with Gasteiger partial charge in [-0.15, -0.1) is 0 Å². The van der Waals surface area contributed by atoms with Crippen molar-refractivity contribution in [2.24, 2.45) is 5.73 Å². The fraction of sp³-hybridized carbons (Fsp3) is 0.667. The number of hydrogen-bond acceptors (Lipinski definition) is 7. The summed E-state index contributed by atoms with van der Waals surface area (Å²) >= 11 is 0. The van der Waals surface area contributed by atoms with Crippen LogP contribution in [0.4, 0.5) is 0 Å². The molecule has 0 aliphatic rings. The Labute approximate surface area is 154 Å². The van der Waals surface area contributed by atoms with E-state index in [1.165, 1.54) is 19.5 Å². The van der Waals surface area contributed by atoms with Crippen molar-refractivity contribution in [1.29, 1.82) is 0 Å². The average molecular weight is 366 g/mol. The van der Waals surface area contributed by atoms with Crippen LogP contribution in [0.5, 0.6) is 5.75 Å². The molecule has 1 aromatic rings. The number of ketones is 1. The first-order valence-corrected chi connectivity index (χ1v) is 8.80. The molecule has 0 radical (unpaired) electrons. The summed E-state index contributed by atoms with van der Waals surface area (Å²) in [5, 5.41) is 2.77. The van der Waals surface area contributed by atoms with Crippen LogP contribution in [-0.4, -0.2) is 53.6 Å². The van der Waals surface area contributed by atoms with Gasteiger partial charge in [-0.1, -0.05) is 12.8 Å². The zero-order valence-electron chi connectivity index (χ0n) is 16.1. The molecular formula is C18H30N4O4. The Kier molecular flexibility index (Phi) is 9.15. The van der Waals surface area contributed by atoms with Gasteiger partial charge in [0.1, 0.15) is 18.0 Å². The van der Waals surface area contributed by atoms with Crippen LogP contribution in [-0.2, 0) is 14.3 Å². The van der Waals surface area contributed by atoms with E-state index < -0.39 is 11.6 Å². The van der Waals surface area contributed by atoms with Crippen LogP contribution in [0.1, 0.15) is 45.4 Å². The molecule has 0 aliphatic heterocycles. The number of rotatable bonds is 12. The average Bonchev–Trinajstić information content (AvgIpc) is 2.63. The number of nitrogens with zero attached hydrogens (tertiary/aromatic N) is 2. The second kappa shape index (κ2) is 10.8. The highest BCUT2D eigenvalue weighted by atomic mass is 16.5. The number of ether oxygens (including phenoxy) is 2. The zero-order valence-corrected chi connectivity index (χ0v) is 16.1. The Bertz CT molecular complexity index is 575. The third kappa shape index (κ3) is 7.45. The van der Waals surface area contributed by atoms with Crippen molar-refractivity contribution in [3.05, 3.63) is 18.2 Å². The SMILES string of the molecule is COC(C)(C)C(=O)N[C@@H](CCCCCN)C(=O)COc1cnc(C)nc1. The fourth-order valence-corrected chi connectivity index (χ4v) is 2.12. The van der Waals surface area contributed by atoms with Crippen LogP contribution >= 0.6 is 0 Å². The second-order valence-electron chi connectivity index (χ2n) is 6.60. The van der Waals surface area contributed by atoms with Crippen molar-refractivity contribution >= 4 is 11.7 Å². The van der Waals surface area contributed by atoms with Crippen molar-refractivity contribution < 1.29 is 19.1 Å². The largest absolute Gasteiger partial charge is 0.483 e. The first-order chi connectivity index (χ1) is 12.3. The van der Waals surface area contributed by atoms with E-state index in [-0.39, 0.29) is 18.3 Å². The van der Waals surface area contributed by atoms with Crippen LogP contribution in [0.3, 0.4) is 0 Å². The van der Waals surface area contributed by atoms with E-state index in [4.69, 9.17) is 15.2 Å². The van der Waals surface area contributed by atoms with Gasteiger partial charge >= 0.3 is 0 Å². The summed E-state index contributed by atoms with van der Waals surface area (Å²) in [6.45, 7) is 5.51. The van der Waals surface area contributed by atoms with Gasteiger partial charge in [0.15, 0.2) is 11.5 Å². The minimum atomic E-state index is -1.01. The molecule has 0 spiro atoms. The molecule has 0 saturated carbocycles. The summed E-state index contributed by atoms with van der Waals surface area (Å²) in [6, 6.07) is -0.638. The summed E-state index contributed by atoms with van der Waals surface area (Å²) in [5.74, 6) is 0.485. The number of Topliss-reactive ketones (excluding diaryl/α,β-unsaturated/α-hetero) is 1. The predicted octanol–water partition coefficient (Wildman–Crippen LogP) is 1.16. The number of amides is 1. The number of hydrogen-bond donors (Lipinski definition) is 2. The molecule has 0 saturated heterocycles. The van der Waals surface area contributed by atoms with E-state index in [0.29, 0.717) is 24.5 Å². The molecule has 0 fully saturated rings. The number of aromatic nitrogens is 2. The molecular weight excluding hydrogens is 336 g/mol. The number of unbranched alkanes of at least 4 members (excludes halogenated alkanes) is 2. The molecule has 0 aromatic carbocycles. The number of nitrogens with two attached hydrogens (primary N) is 1. The van der Waals surface area contributed by atoms with E-state index in [2.05, 4.69) is 15.3 Å². The standard InChI is InChI=1S/C18H30N4O4/c1-13-20-10-14(11-21-13)26-12-16(23)15(8-6-5-7-9-19)22-17(24)18(2,3)25-4/h10-11,15H,5-9,12,19H2,1-4H3,(H,22,24)/t15-/m0/s1. The normalized spacial score (nSPS) is 12.5. The first-order valence-electron chi connectivity index (χ1n) is 8.80. The maximum atomic E-state index is 12.6. The fourth-order valence-electron chi connectivity index (χ4n) is 2.12. The summed E-state index contributed by atoms with van der Waals surface area (Å²) in [7, 11) is 1.46. The van der Waals surface area contributed by atoms with E-state index in [1.54, 1.807) is 20.8 Å². The minimum Gasteiger partial charge on any atom is -0.483 e. The third-order valence-electron chi connectivity index (χ3n) is 4.09. The molecule has 1 rings (SSSR count). The topological polar surface area (TPSA) is 116 Å². The van der Waals surface area contributed by atoms with Crippen molar-refractivity contribution in [2.45, 2.75) is 58.1 Å². The monoisotopic (exact) mass is 366 g/mol. The summed E-state index contributed by atoms with van der Waals surface area (Å²) in [5.41, 5.74) is 4.49. The molecule has 0 unspecified atom stereocenters. The maximum Gasteiger partial charge on any atom is 0.252 e. The number of carbonyl (C=O) groups is 2. The zero-order chi connectivity index (χ0) is 19.6. The lowest BCUT2D eigenvalue weighted by atomic mass is 10.0. The van der Waals surface area contributed by atoms with E-state index >= 15 is 0 Å². The molecule has 1 aromatic heterocycles. The number of carbonyl (C=O) groups excluding carboxylic acids is 2. The summed E-state index contributed by atoms with van der Waals surface area (Å²) < 4.78 is 10.6. The Morgan fingerprint density at radius 2 is 1.88 bits per heavy atom. The Balaban J connectivity index is 2.67. The van der Waals surface area contributed by atoms with Crippen LogP contribution in [0, 0.1) is 6.92 Å². The molecule has 26 heavy (non-hydrogen) atoms. The van der Waals surface area contributed by atoms with Gasteiger partial charge in [0.05, 0.1) is 18.4 Å². The Morgan fingerprint density at radius 1 is 1.23 bits per heavy atom. The van der Waals surface area contributed by atoms with Crippen LogP contribution in [0.25, 0.3) is 0 Å². The van der Waals surface area contributed by atoms with E-state index in [9.17, 15) is 9.59 Å². The van der Waals surface area contributed by atoms with Gasteiger partial charge in [-0.2, -0.15) is 0 Å². The second-order valence-corrected chi connectivity index (χ2v) is 6.60. The van der Waals surface area contributed by atoms with E-state index in [0.717, 1.165) is 19.3 Å². The molecule has 1 atom stereocenters. The maximum absolute atomic E-state index is 12.6. The van der Waals surface area contributed by atoms with Crippen molar-refractivity contribution in [3.63, 3.8) is 0 Å². The lowest BCUT2D eigenvalue weighted by molar-refractivity contribution is -0.142. The molecule has 146 valence electrons. The highest BCUT2D eigenvalue weighted by Crippen LogP contribution is 2.12. The molecule has 1 heterocycles. The lowest BCUT2D eigenvalue weighted by Gasteiger charge is -2.25. The first kappa shape index (κ1) is 22.0. The van der Waals surface area contributed by atoms with Gasteiger partial charge in [0, 0.05) is 7.11 Å². The smallest absolute Gasteiger partial charge is 0.252 e. The van der Waals surface area contributed by atoms with Crippen LogP contribution in [0.15, 0.2) is 12.4 Å². The molecule has 3 N–H and O–H groups in total. The summed E-state index contributed by atoms with van der Waals surface area (Å²) in [6.07, 6.45) is 6.12. The van der Waals surface area contributed by atoms with Crippen LogP contribution < -0.4 is 15.8 Å². The molecule has 8 nitrogen and oxygen atoms in total. The highest BCUT2D eigenvalue weighted by Gasteiger charge is 2.31. The van der Waals surface area contributed by atoms with Crippen molar-refractivity contribution in [1.82, 2.24) is 15.3 Å². The number of methoxy groups -OCH3 is 1. The van der Waals surface area contributed by atoms with Gasteiger partial charge in [-0.05, 0) is 40.2 Å². The van der Waals surface area contributed by atoms with Gasteiger partial charge in [0.25, 0.3) is 5.91 Å². The Hall–Kier alpha value is -2.06. The quantitative estimate of drug-likeness (QED) is 0.533. The van der Waals surface area contributed by atoms with E-state index in [1.807, 2.05) is 0 Å². The summed E-state index contributed by atoms with van der Waals surface area (Å²) in [4.78, 5) is 32.9. The van der Waals surface area contributed by atoms with Crippen LogP contribution in [0.2, 0.25) is 0 Å². The predicted molar refractivity (Wildman–Crippen MR) is 97.8 cm³/mol. The van der Waals surface area contributed by atoms with Crippen molar-refractivity contribution in [3.8, 4) is 5.75 Å². The van der Waals surface area contributed by atoms with Gasteiger partial charge < -0.3 is 20.5 Å². The van der Waals surface area contributed by atoms with Gasteiger partial charge in [-0.3, -0.25) is 9.59 Å². The molecule has 0 aliphatic carbocycles. The number of nitrogens with one attached hydrogen (secondary N) is 1. The highest BCUT2D eigenvalue weighted by molar-refractivity contribution is 5.92. The molecule has 1 amide bonds. The van der Waals surface area contributed by atoms with Gasteiger partial charge in [-0.25, -0.2) is 9.97 Å². The molecule has 8 heteroatoms. The molecule has 0 bridgehead atoms. The van der Waals surface area contributed by atoms with Crippen molar-refractivity contribution in [2.75, 3.05) is 20.3 Å². The Morgan fingerprint density at radius 3 is 2.46 bits per heavy atom. The lowest BCUT2D eigenvalue weighted by Crippen LogP contribution is -2.51. The third-order valence-corrected chi connectivity index (χ3v) is 4.09. The van der Waals surface area contributed by atoms with Gasteiger partial charge in [0.2, 0.25) is 0 Å².